The molecule has 0 aromatic rings. The summed E-state index contributed by atoms with van der Waals surface area (Å²) in [5.74, 6) is 0.465. The minimum absolute atomic E-state index is 0.0127. The quantitative estimate of drug-likeness (QED) is 0.312. The summed E-state index contributed by atoms with van der Waals surface area (Å²) in [7, 11) is 0. The van der Waals surface area contributed by atoms with E-state index in [-0.39, 0.29) is 24.1 Å². The van der Waals surface area contributed by atoms with Gasteiger partial charge in [-0.25, -0.2) is 0 Å². The van der Waals surface area contributed by atoms with Gasteiger partial charge in [-0.15, -0.1) is 0 Å². The van der Waals surface area contributed by atoms with Crippen LogP contribution in [-0.4, -0.2) is 24.1 Å². The number of hydrogen-bond donors (Lipinski definition) is 0. The van der Waals surface area contributed by atoms with E-state index in [1.807, 2.05) is 27.7 Å². The summed E-state index contributed by atoms with van der Waals surface area (Å²) in [6, 6.07) is 0. The molecule has 1 atom stereocenters. The van der Waals surface area contributed by atoms with Crippen LogP contribution in [0.2, 0.25) is 0 Å². The van der Waals surface area contributed by atoms with Crippen molar-refractivity contribution in [2.45, 2.75) is 111 Å². The Bertz CT molecular complexity index is 337. The molecule has 1 unspecified atom stereocenters. The van der Waals surface area contributed by atoms with Crippen LogP contribution in [0, 0.1) is 5.92 Å². The monoisotopic (exact) mass is 342 g/mol. The van der Waals surface area contributed by atoms with Crippen LogP contribution in [0.5, 0.6) is 0 Å². The first-order valence-electron chi connectivity index (χ1n) is 9.74. The van der Waals surface area contributed by atoms with E-state index in [0.717, 1.165) is 25.7 Å². The van der Waals surface area contributed by atoms with Gasteiger partial charge in [0, 0.05) is 12.8 Å². The minimum Gasteiger partial charge on any atom is -0.463 e. The fourth-order valence-corrected chi connectivity index (χ4v) is 2.75. The summed E-state index contributed by atoms with van der Waals surface area (Å²) in [6.45, 7) is 9.73. The van der Waals surface area contributed by atoms with Crippen molar-refractivity contribution in [3.05, 3.63) is 0 Å². The zero-order chi connectivity index (χ0) is 18.4. The van der Waals surface area contributed by atoms with Crippen molar-refractivity contribution in [2.24, 2.45) is 5.92 Å². The Kier molecular flexibility index (Phi) is 13.7. The first-order chi connectivity index (χ1) is 11.3. The van der Waals surface area contributed by atoms with Gasteiger partial charge in [-0.3, -0.25) is 9.59 Å². The second-order valence-electron chi connectivity index (χ2n) is 7.20. The first-order valence-corrected chi connectivity index (χ1v) is 9.74. The molecule has 0 aromatic heterocycles. The molecule has 0 aliphatic rings. The molecule has 0 saturated heterocycles. The Morgan fingerprint density at radius 2 is 1.21 bits per heavy atom. The highest BCUT2D eigenvalue weighted by molar-refractivity contribution is 5.69. The smallest absolute Gasteiger partial charge is 0.306 e. The van der Waals surface area contributed by atoms with Gasteiger partial charge in [-0.2, -0.15) is 0 Å². The Morgan fingerprint density at radius 3 is 1.75 bits per heavy atom. The summed E-state index contributed by atoms with van der Waals surface area (Å²) >= 11 is 0. The zero-order valence-electron chi connectivity index (χ0n) is 16.4. The van der Waals surface area contributed by atoms with Gasteiger partial charge in [0.05, 0.1) is 12.2 Å². The van der Waals surface area contributed by atoms with Crippen LogP contribution in [0.1, 0.15) is 98.8 Å². The van der Waals surface area contributed by atoms with E-state index in [4.69, 9.17) is 9.47 Å². The molecule has 0 radical (unpaired) electrons. The van der Waals surface area contributed by atoms with Crippen molar-refractivity contribution in [2.75, 3.05) is 0 Å². The van der Waals surface area contributed by atoms with Gasteiger partial charge in [-0.1, -0.05) is 45.4 Å². The van der Waals surface area contributed by atoms with Crippen LogP contribution in [0.15, 0.2) is 0 Å². The lowest BCUT2D eigenvalue weighted by Crippen LogP contribution is -2.12. The second-order valence-corrected chi connectivity index (χ2v) is 7.20. The number of unbranched alkanes of at least 4 members (excludes halogenated alkanes) is 4. The molecule has 0 aromatic carbocycles. The summed E-state index contributed by atoms with van der Waals surface area (Å²) in [5, 5.41) is 0. The summed E-state index contributed by atoms with van der Waals surface area (Å²) in [4.78, 5) is 23.0. The van der Waals surface area contributed by atoms with E-state index in [0.29, 0.717) is 18.8 Å². The van der Waals surface area contributed by atoms with Crippen molar-refractivity contribution < 1.29 is 19.1 Å². The topological polar surface area (TPSA) is 52.6 Å². The van der Waals surface area contributed by atoms with E-state index >= 15 is 0 Å². The third-order valence-corrected chi connectivity index (χ3v) is 4.06. The van der Waals surface area contributed by atoms with Crippen LogP contribution >= 0.6 is 0 Å². The number of carbonyl (C=O) groups is 2. The number of carbonyl (C=O) groups excluding carboxylic acids is 2. The lowest BCUT2D eigenvalue weighted by atomic mass is 9.93. The maximum Gasteiger partial charge on any atom is 0.306 e. The number of ether oxygens (including phenoxy) is 2. The Morgan fingerprint density at radius 1 is 0.708 bits per heavy atom. The molecule has 0 aliphatic heterocycles. The van der Waals surface area contributed by atoms with E-state index in [2.05, 4.69) is 6.92 Å². The average molecular weight is 343 g/mol. The van der Waals surface area contributed by atoms with Crippen molar-refractivity contribution in [1.29, 1.82) is 0 Å². The summed E-state index contributed by atoms with van der Waals surface area (Å²) in [5.41, 5.74) is 0. The second kappa shape index (κ2) is 14.3. The van der Waals surface area contributed by atoms with Crippen molar-refractivity contribution in [1.82, 2.24) is 0 Å². The third-order valence-electron chi connectivity index (χ3n) is 4.06. The van der Waals surface area contributed by atoms with Crippen LogP contribution < -0.4 is 0 Å². The Balaban J connectivity index is 3.59. The molecule has 0 fully saturated rings. The number of rotatable bonds is 14. The van der Waals surface area contributed by atoms with Gasteiger partial charge in [0.25, 0.3) is 0 Å². The van der Waals surface area contributed by atoms with Crippen LogP contribution in [-0.2, 0) is 19.1 Å². The van der Waals surface area contributed by atoms with E-state index in [9.17, 15) is 9.59 Å². The van der Waals surface area contributed by atoms with Crippen LogP contribution in [0.4, 0.5) is 0 Å². The standard InChI is InChI=1S/C20H38O4/c1-6-18(14-15-20(22)24-17(4)5)12-10-8-7-9-11-13-19(21)23-16(2)3/h16-18H,6-15H2,1-5H3. The van der Waals surface area contributed by atoms with Crippen molar-refractivity contribution >= 4 is 11.9 Å². The largest absolute Gasteiger partial charge is 0.463 e. The first kappa shape index (κ1) is 22.9. The molecule has 0 rings (SSSR count). The van der Waals surface area contributed by atoms with Gasteiger partial charge in [-0.05, 0) is 46.5 Å². The molecular formula is C20H38O4. The van der Waals surface area contributed by atoms with Gasteiger partial charge >= 0.3 is 11.9 Å². The van der Waals surface area contributed by atoms with E-state index < -0.39 is 0 Å². The fraction of sp³-hybridized carbons (Fsp3) is 0.900. The number of hydrogen-bond acceptors (Lipinski definition) is 4. The van der Waals surface area contributed by atoms with Gasteiger partial charge in [0.2, 0.25) is 0 Å². The van der Waals surface area contributed by atoms with Crippen LogP contribution in [0.3, 0.4) is 0 Å². The normalized spacial score (nSPS) is 12.5. The Hall–Kier alpha value is -1.06. The van der Waals surface area contributed by atoms with Gasteiger partial charge < -0.3 is 9.47 Å². The lowest BCUT2D eigenvalue weighted by molar-refractivity contribution is -0.148. The minimum atomic E-state index is -0.0793. The number of esters is 2. The van der Waals surface area contributed by atoms with E-state index in [1.165, 1.54) is 25.7 Å². The molecule has 0 saturated carbocycles. The highest BCUT2D eigenvalue weighted by atomic mass is 16.5. The summed E-state index contributed by atoms with van der Waals surface area (Å²) in [6.07, 6.45) is 9.86. The molecule has 0 spiro atoms. The molecule has 0 N–H and O–H groups in total. The molecule has 4 nitrogen and oxygen atoms in total. The molecule has 0 heterocycles. The van der Waals surface area contributed by atoms with Crippen LogP contribution in [0.25, 0.3) is 0 Å². The average Bonchev–Trinajstić information content (AvgIpc) is 2.47. The molecule has 4 heteroatoms. The molecule has 24 heavy (non-hydrogen) atoms. The molecule has 0 amide bonds. The molecule has 142 valence electrons. The van der Waals surface area contributed by atoms with E-state index in [1.54, 1.807) is 0 Å². The molecule has 0 bridgehead atoms. The molecular weight excluding hydrogens is 304 g/mol. The summed E-state index contributed by atoms with van der Waals surface area (Å²) < 4.78 is 10.3. The SMILES string of the molecule is CCC(CCCCCCCC(=O)OC(C)C)CCC(=O)OC(C)C. The predicted octanol–water partition coefficient (Wildman–Crippen LogP) is 5.43. The van der Waals surface area contributed by atoms with Crippen molar-refractivity contribution in [3.8, 4) is 0 Å². The third kappa shape index (κ3) is 14.5. The zero-order valence-corrected chi connectivity index (χ0v) is 16.4. The van der Waals surface area contributed by atoms with Gasteiger partial charge in [0.15, 0.2) is 0 Å². The maximum atomic E-state index is 11.6. The fourth-order valence-electron chi connectivity index (χ4n) is 2.75. The Labute approximate surface area is 148 Å². The lowest BCUT2D eigenvalue weighted by Gasteiger charge is -2.15. The van der Waals surface area contributed by atoms with Gasteiger partial charge in [0.1, 0.15) is 0 Å². The van der Waals surface area contributed by atoms with Crippen molar-refractivity contribution in [3.63, 3.8) is 0 Å². The highest BCUT2D eigenvalue weighted by Gasteiger charge is 2.11. The predicted molar refractivity (Wildman–Crippen MR) is 97.8 cm³/mol. The highest BCUT2D eigenvalue weighted by Crippen LogP contribution is 2.20. The molecule has 0 aliphatic carbocycles. The maximum absolute atomic E-state index is 11.6.